The van der Waals surface area contributed by atoms with Gasteiger partial charge in [-0.1, -0.05) is 176 Å². The lowest BCUT2D eigenvalue weighted by Crippen LogP contribution is -2.04. The fourth-order valence-electron chi connectivity index (χ4n) is 9.96. The van der Waals surface area contributed by atoms with Crippen molar-refractivity contribution in [3.63, 3.8) is 0 Å². The number of hydrogen-bond donors (Lipinski definition) is 0. The molecule has 2 aromatic heterocycles. The maximum Gasteiger partial charge on any atom is 0.235 e. The third-order valence-electron chi connectivity index (χ3n) is 12.5. The first-order valence-corrected chi connectivity index (χ1v) is 20.2. The van der Waals surface area contributed by atoms with Crippen LogP contribution in [0.2, 0.25) is 0 Å². The fourth-order valence-corrected chi connectivity index (χ4v) is 9.96. The summed E-state index contributed by atoms with van der Waals surface area (Å²) in [4.78, 5) is 11.3. The van der Waals surface area contributed by atoms with E-state index in [4.69, 9.17) is 9.97 Å². The highest BCUT2D eigenvalue weighted by Gasteiger charge is 2.23. The molecule has 272 valence electrons. The summed E-state index contributed by atoms with van der Waals surface area (Å²) >= 11 is 0. The zero-order valence-corrected chi connectivity index (χ0v) is 31.9. The average Bonchev–Trinajstić information content (AvgIpc) is 3.63. The van der Waals surface area contributed by atoms with E-state index >= 15 is 0 Å². The molecule has 0 amide bonds. The van der Waals surface area contributed by atoms with E-state index < -0.39 is 0 Å². The van der Waals surface area contributed by atoms with Crippen LogP contribution < -0.4 is 0 Å². The Morgan fingerprint density at radius 2 is 0.864 bits per heavy atom. The SMILES string of the molecule is c1ccc(-c2ccc(-c3nc(-n4c5cc6ccccc6cc5c5c6c7ccccc7c7ccccc7c6ccc54)nc4ccc5ccccc5c34)c3ccccc23)cc1. The van der Waals surface area contributed by atoms with Gasteiger partial charge in [0.1, 0.15) is 0 Å². The van der Waals surface area contributed by atoms with E-state index in [1.54, 1.807) is 0 Å². The van der Waals surface area contributed by atoms with Crippen LogP contribution in [0.25, 0.3) is 126 Å². The molecular formula is C56H33N3. The van der Waals surface area contributed by atoms with Crippen molar-refractivity contribution in [1.29, 1.82) is 0 Å². The summed E-state index contributed by atoms with van der Waals surface area (Å²) in [6.07, 6.45) is 0. The van der Waals surface area contributed by atoms with E-state index in [1.165, 1.54) is 70.4 Å². The minimum atomic E-state index is 0.652. The zero-order chi connectivity index (χ0) is 38.6. The molecule has 0 aliphatic carbocycles. The Labute approximate surface area is 339 Å². The Morgan fingerprint density at radius 1 is 0.305 bits per heavy atom. The molecule has 13 rings (SSSR count). The molecule has 0 aliphatic rings. The summed E-state index contributed by atoms with van der Waals surface area (Å²) < 4.78 is 2.32. The minimum absolute atomic E-state index is 0.652. The Bertz CT molecular complexity index is 3860. The second kappa shape index (κ2) is 12.3. The number of hydrogen-bond acceptors (Lipinski definition) is 2. The molecule has 0 atom stereocenters. The summed E-state index contributed by atoms with van der Waals surface area (Å²) in [5, 5.41) is 18.0. The highest BCUT2D eigenvalue weighted by molar-refractivity contribution is 6.36. The third-order valence-corrected chi connectivity index (χ3v) is 12.5. The summed E-state index contributed by atoms with van der Waals surface area (Å²) in [6, 6.07) is 72.6. The zero-order valence-electron chi connectivity index (χ0n) is 31.9. The first-order chi connectivity index (χ1) is 29.3. The van der Waals surface area contributed by atoms with Crippen LogP contribution in [0.4, 0.5) is 0 Å². The van der Waals surface area contributed by atoms with E-state index in [1.807, 2.05) is 0 Å². The van der Waals surface area contributed by atoms with Crippen LogP contribution in [0, 0.1) is 0 Å². The van der Waals surface area contributed by atoms with Crippen molar-refractivity contribution in [1.82, 2.24) is 14.5 Å². The van der Waals surface area contributed by atoms with Crippen molar-refractivity contribution < 1.29 is 0 Å². The molecule has 0 aliphatic heterocycles. The minimum Gasteiger partial charge on any atom is -0.278 e. The van der Waals surface area contributed by atoms with Crippen LogP contribution >= 0.6 is 0 Å². The van der Waals surface area contributed by atoms with Gasteiger partial charge in [-0.05, 0) is 94.6 Å². The van der Waals surface area contributed by atoms with Gasteiger partial charge in [-0.15, -0.1) is 0 Å². The lowest BCUT2D eigenvalue weighted by atomic mass is 9.91. The lowest BCUT2D eigenvalue weighted by Gasteiger charge is -2.16. The molecule has 0 saturated heterocycles. The van der Waals surface area contributed by atoms with Crippen molar-refractivity contribution in [3.8, 4) is 28.3 Å². The molecular weight excluding hydrogens is 715 g/mol. The van der Waals surface area contributed by atoms with Crippen LogP contribution in [0.5, 0.6) is 0 Å². The van der Waals surface area contributed by atoms with E-state index in [-0.39, 0.29) is 0 Å². The maximum absolute atomic E-state index is 5.74. The second-order valence-electron chi connectivity index (χ2n) is 15.7. The molecule has 0 unspecified atom stereocenters. The van der Waals surface area contributed by atoms with Crippen molar-refractivity contribution in [2.75, 3.05) is 0 Å². The van der Waals surface area contributed by atoms with Gasteiger partial charge >= 0.3 is 0 Å². The smallest absolute Gasteiger partial charge is 0.235 e. The van der Waals surface area contributed by atoms with Crippen LogP contribution in [-0.4, -0.2) is 14.5 Å². The van der Waals surface area contributed by atoms with Gasteiger partial charge in [0.05, 0.1) is 22.2 Å². The van der Waals surface area contributed by atoms with Crippen LogP contribution in [-0.2, 0) is 0 Å². The Morgan fingerprint density at radius 3 is 1.61 bits per heavy atom. The molecule has 0 bridgehead atoms. The van der Waals surface area contributed by atoms with Gasteiger partial charge in [-0.3, -0.25) is 4.57 Å². The molecule has 11 aromatic carbocycles. The number of fused-ring (bicyclic) bond motifs is 15. The molecule has 3 heteroatoms. The van der Waals surface area contributed by atoms with Gasteiger partial charge in [0.25, 0.3) is 0 Å². The largest absolute Gasteiger partial charge is 0.278 e. The summed E-state index contributed by atoms with van der Waals surface area (Å²) in [7, 11) is 0. The van der Waals surface area contributed by atoms with Crippen molar-refractivity contribution >= 4 is 97.3 Å². The highest BCUT2D eigenvalue weighted by atomic mass is 15.2. The maximum atomic E-state index is 5.74. The van der Waals surface area contributed by atoms with Gasteiger partial charge in [0, 0.05) is 27.1 Å². The fraction of sp³-hybridized carbons (Fsp3) is 0. The monoisotopic (exact) mass is 747 g/mol. The molecule has 13 aromatic rings. The molecule has 0 N–H and O–H groups in total. The van der Waals surface area contributed by atoms with Crippen LogP contribution in [0.3, 0.4) is 0 Å². The Hall–Kier alpha value is -7.88. The molecule has 2 heterocycles. The van der Waals surface area contributed by atoms with Crippen molar-refractivity contribution in [3.05, 3.63) is 200 Å². The van der Waals surface area contributed by atoms with Gasteiger partial charge in [0.2, 0.25) is 5.95 Å². The average molecular weight is 748 g/mol. The first-order valence-electron chi connectivity index (χ1n) is 20.2. The van der Waals surface area contributed by atoms with E-state index in [2.05, 4.69) is 205 Å². The van der Waals surface area contributed by atoms with Gasteiger partial charge in [-0.2, -0.15) is 0 Å². The molecule has 0 spiro atoms. The number of nitrogens with zero attached hydrogens (tertiary/aromatic N) is 3. The number of rotatable bonds is 3. The second-order valence-corrected chi connectivity index (χ2v) is 15.7. The topological polar surface area (TPSA) is 30.7 Å². The van der Waals surface area contributed by atoms with E-state index in [0.717, 1.165) is 49.4 Å². The number of benzene rings is 11. The summed E-state index contributed by atoms with van der Waals surface area (Å²) in [5.41, 5.74) is 7.48. The molecule has 59 heavy (non-hydrogen) atoms. The predicted octanol–water partition coefficient (Wildman–Crippen LogP) is 15.0. The van der Waals surface area contributed by atoms with E-state index in [9.17, 15) is 0 Å². The third kappa shape index (κ3) is 4.64. The first kappa shape index (κ1) is 32.2. The summed E-state index contributed by atoms with van der Waals surface area (Å²) in [5.74, 6) is 0.652. The van der Waals surface area contributed by atoms with Crippen molar-refractivity contribution in [2.45, 2.75) is 0 Å². The van der Waals surface area contributed by atoms with Gasteiger partial charge in [-0.25, -0.2) is 9.97 Å². The van der Waals surface area contributed by atoms with Gasteiger partial charge in [0.15, 0.2) is 0 Å². The standard InChI is InChI=1S/C56H33N3/c1-2-14-34(15-3-1)38-27-28-47(44-24-11-8-20-40(38)44)55-53-39-19-7-6-16-35(39)26-30-49(53)57-56(58-55)59-50-31-29-46-43-23-10-9-21-41(43)42-22-12-13-25-45(42)52(46)54(50)48-32-36-17-4-5-18-37(36)33-51(48)59/h1-33H. The summed E-state index contributed by atoms with van der Waals surface area (Å²) in [6.45, 7) is 0. The molecule has 0 saturated carbocycles. The molecule has 0 fully saturated rings. The van der Waals surface area contributed by atoms with Crippen LogP contribution in [0.1, 0.15) is 0 Å². The highest BCUT2D eigenvalue weighted by Crippen LogP contribution is 2.45. The normalized spacial score (nSPS) is 12.1. The quantitative estimate of drug-likeness (QED) is 0.169. The van der Waals surface area contributed by atoms with Crippen molar-refractivity contribution in [2.24, 2.45) is 0 Å². The Kier molecular flexibility index (Phi) is 6.72. The van der Waals surface area contributed by atoms with E-state index in [0.29, 0.717) is 5.95 Å². The molecule has 0 radical (unpaired) electrons. The van der Waals surface area contributed by atoms with Gasteiger partial charge < -0.3 is 0 Å². The molecule has 3 nitrogen and oxygen atoms in total. The lowest BCUT2D eigenvalue weighted by molar-refractivity contribution is 1.02. The number of aromatic nitrogens is 3. The Balaban J connectivity index is 1.20. The van der Waals surface area contributed by atoms with Crippen LogP contribution in [0.15, 0.2) is 200 Å². The predicted molar refractivity (Wildman–Crippen MR) is 250 cm³/mol.